The van der Waals surface area contributed by atoms with E-state index < -0.39 is 0 Å². The van der Waals surface area contributed by atoms with Gasteiger partial charge in [-0.25, -0.2) is 0 Å². The summed E-state index contributed by atoms with van der Waals surface area (Å²) in [5.41, 5.74) is 5.31. The lowest BCUT2D eigenvalue weighted by Gasteiger charge is -2.37. The number of piperazine rings is 1. The molecule has 0 aromatic carbocycles. The van der Waals surface area contributed by atoms with Gasteiger partial charge in [0.1, 0.15) is 0 Å². The molecule has 1 unspecified atom stereocenters. The number of carbonyl (C=O) groups excluding carboxylic acids is 2. The number of hydrogen-bond acceptors (Lipinski definition) is 3. The van der Waals surface area contributed by atoms with E-state index >= 15 is 0 Å². The average molecular weight is 267 g/mol. The second kappa shape index (κ2) is 6.37. The first-order chi connectivity index (χ1) is 9.08. The van der Waals surface area contributed by atoms with Crippen LogP contribution in [-0.4, -0.2) is 53.8 Å². The van der Waals surface area contributed by atoms with Crippen LogP contribution in [0.15, 0.2) is 0 Å². The summed E-state index contributed by atoms with van der Waals surface area (Å²) in [7, 11) is 0. The maximum Gasteiger partial charge on any atom is 0.234 e. The Morgan fingerprint density at radius 1 is 1.16 bits per heavy atom. The highest BCUT2D eigenvalue weighted by Gasteiger charge is 2.27. The Kier molecular flexibility index (Phi) is 4.80. The topological polar surface area (TPSA) is 66.6 Å². The van der Waals surface area contributed by atoms with Crippen LogP contribution in [0.4, 0.5) is 0 Å². The van der Waals surface area contributed by atoms with Crippen LogP contribution >= 0.6 is 0 Å². The van der Waals surface area contributed by atoms with E-state index in [1.54, 1.807) is 0 Å². The molecule has 0 spiro atoms. The van der Waals surface area contributed by atoms with Crippen molar-refractivity contribution >= 4 is 11.8 Å². The minimum atomic E-state index is -0.286. The molecule has 0 bridgehead atoms. The highest BCUT2D eigenvalue weighted by atomic mass is 16.2. The minimum Gasteiger partial charge on any atom is -0.368 e. The first kappa shape index (κ1) is 14.3. The summed E-state index contributed by atoms with van der Waals surface area (Å²) in [5.74, 6) is 0.610. The molecular weight excluding hydrogens is 242 g/mol. The Labute approximate surface area is 115 Å². The van der Waals surface area contributed by atoms with Crippen LogP contribution in [0.2, 0.25) is 0 Å². The Morgan fingerprint density at radius 3 is 2.26 bits per heavy atom. The maximum absolute atomic E-state index is 12.2. The fourth-order valence-corrected chi connectivity index (χ4v) is 3.13. The van der Waals surface area contributed by atoms with Crippen LogP contribution in [-0.2, 0) is 9.59 Å². The molecule has 5 nitrogen and oxygen atoms in total. The third-order valence-electron chi connectivity index (χ3n) is 4.56. The zero-order valence-electron chi connectivity index (χ0n) is 11.8. The van der Waals surface area contributed by atoms with Crippen LogP contribution in [0.3, 0.4) is 0 Å². The highest BCUT2D eigenvalue weighted by Crippen LogP contribution is 2.28. The normalized spacial score (nSPS) is 23.5. The fourth-order valence-electron chi connectivity index (χ4n) is 3.13. The number of nitrogens with zero attached hydrogens (tertiary/aromatic N) is 2. The maximum atomic E-state index is 12.2. The number of rotatable bonds is 4. The largest absolute Gasteiger partial charge is 0.368 e. The summed E-state index contributed by atoms with van der Waals surface area (Å²) in [6.07, 6.45) is 5.70. The number of hydrogen-bond donors (Lipinski definition) is 1. The van der Waals surface area contributed by atoms with Gasteiger partial charge in [-0.1, -0.05) is 12.8 Å². The van der Waals surface area contributed by atoms with Crippen molar-refractivity contribution in [3.63, 3.8) is 0 Å². The molecule has 0 aromatic rings. The van der Waals surface area contributed by atoms with Crippen molar-refractivity contribution in [3.05, 3.63) is 0 Å². The van der Waals surface area contributed by atoms with E-state index in [1.165, 1.54) is 25.7 Å². The lowest BCUT2D eigenvalue weighted by molar-refractivity contribution is -0.134. The summed E-state index contributed by atoms with van der Waals surface area (Å²) in [5, 5.41) is 0. The van der Waals surface area contributed by atoms with Crippen LogP contribution in [0.1, 0.15) is 39.0 Å². The zero-order chi connectivity index (χ0) is 13.8. The summed E-state index contributed by atoms with van der Waals surface area (Å²) in [4.78, 5) is 27.3. The van der Waals surface area contributed by atoms with Gasteiger partial charge in [0.05, 0.1) is 6.04 Å². The van der Waals surface area contributed by atoms with Crippen LogP contribution < -0.4 is 5.73 Å². The van der Waals surface area contributed by atoms with Gasteiger partial charge in [0.2, 0.25) is 11.8 Å². The lowest BCUT2D eigenvalue weighted by Crippen LogP contribution is -2.54. The molecule has 2 fully saturated rings. The number of nitrogens with two attached hydrogens (primary N) is 1. The summed E-state index contributed by atoms with van der Waals surface area (Å²) >= 11 is 0. The molecule has 1 saturated carbocycles. The van der Waals surface area contributed by atoms with E-state index in [4.69, 9.17) is 5.73 Å². The Hall–Kier alpha value is -1.10. The lowest BCUT2D eigenvalue weighted by atomic mass is 10.0. The molecule has 0 aromatic heterocycles. The molecular formula is C14H25N3O2. The Morgan fingerprint density at radius 2 is 1.74 bits per heavy atom. The predicted molar refractivity (Wildman–Crippen MR) is 73.4 cm³/mol. The fraction of sp³-hybridized carbons (Fsp3) is 0.857. The summed E-state index contributed by atoms with van der Waals surface area (Å²) < 4.78 is 0. The molecule has 108 valence electrons. The van der Waals surface area contributed by atoms with Gasteiger partial charge in [-0.3, -0.25) is 14.5 Å². The van der Waals surface area contributed by atoms with Crippen molar-refractivity contribution in [3.8, 4) is 0 Å². The van der Waals surface area contributed by atoms with Gasteiger partial charge < -0.3 is 10.6 Å². The van der Waals surface area contributed by atoms with Crippen LogP contribution in [0.5, 0.6) is 0 Å². The van der Waals surface area contributed by atoms with Crippen molar-refractivity contribution in [1.29, 1.82) is 0 Å². The van der Waals surface area contributed by atoms with E-state index in [0.717, 1.165) is 26.2 Å². The van der Waals surface area contributed by atoms with E-state index in [0.29, 0.717) is 18.2 Å². The van der Waals surface area contributed by atoms with Gasteiger partial charge in [-0.05, 0) is 25.7 Å². The number of amides is 2. The molecule has 1 aliphatic heterocycles. The van der Waals surface area contributed by atoms with Crippen molar-refractivity contribution in [1.82, 2.24) is 9.80 Å². The number of carbonyl (C=O) groups is 2. The van der Waals surface area contributed by atoms with Crippen LogP contribution in [0, 0.1) is 5.92 Å². The first-order valence-corrected chi connectivity index (χ1v) is 7.39. The van der Waals surface area contributed by atoms with Crippen molar-refractivity contribution in [2.24, 2.45) is 11.7 Å². The van der Waals surface area contributed by atoms with Gasteiger partial charge in [-0.15, -0.1) is 0 Å². The Balaban J connectivity index is 1.76. The van der Waals surface area contributed by atoms with Gasteiger partial charge >= 0.3 is 0 Å². The first-order valence-electron chi connectivity index (χ1n) is 7.39. The minimum absolute atomic E-state index is 0.230. The number of primary amides is 1. The van der Waals surface area contributed by atoms with Crippen molar-refractivity contribution in [2.45, 2.75) is 45.1 Å². The summed E-state index contributed by atoms with van der Waals surface area (Å²) in [6.45, 7) is 4.78. The molecule has 5 heteroatoms. The van der Waals surface area contributed by atoms with Crippen molar-refractivity contribution in [2.75, 3.05) is 26.2 Å². The molecule has 1 heterocycles. The summed E-state index contributed by atoms with van der Waals surface area (Å²) in [6, 6.07) is -0.230. The second-order valence-corrected chi connectivity index (χ2v) is 5.85. The molecule has 19 heavy (non-hydrogen) atoms. The van der Waals surface area contributed by atoms with Gasteiger partial charge in [0, 0.05) is 32.6 Å². The predicted octanol–water partition coefficient (Wildman–Crippen LogP) is 0.585. The van der Waals surface area contributed by atoms with Crippen molar-refractivity contribution < 1.29 is 9.59 Å². The molecule has 1 aliphatic carbocycles. The van der Waals surface area contributed by atoms with E-state index in [2.05, 4.69) is 4.90 Å². The zero-order valence-corrected chi connectivity index (χ0v) is 11.8. The third-order valence-corrected chi connectivity index (χ3v) is 4.56. The average Bonchev–Trinajstić information content (AvgIpc) is 2.90. The smallest absolute Gasteiger partial charge is 0.234 e. The highest BCUT2D eigenvalue weighted by molar-refractivity contribution is 5.79. The van der Waals surface area contributed by atoms with Gasteiger partial charge in [0.15, 0.2) is 0 Å². The van der Waals surface area contributed by atoms with E-state index in [-0.39, 0.29) is 11.9 Å². The quantitative estimate of drug-likeness (QED) is 0.810. The van der Waals surface area contributed by atoms with Gasteiger partial charge in [-0.2, -0.15) is 0 Å². The second-order valence-electron chi connectivity index (χ2n) is 5.85. The third kappa shape index (κ3) is 3.69. The monoisotopic (exact) mass is 267 g/mol. The SMILES string of the molecule is CC(C(N)=O)N1CCN(C(=O)CC2CCCC2)CC1. The van der Waals surface area contributed by atoms with E-state index in [1.807, 2.05) is 11.8 Å². The molecule has 2 rings (SSSR count). The molecule has 2 amide bonds. The standard InChI is InChI=1S/C14H25N3O2/c1-11(14(15)19)16-6-8-17(9-7-16)13(18)10-12-4-2-3-5-12/h11-12H,2-10H2,1H3,(H2,15,19). The molecule has 2 aliphatic rings. The molecule has 1 saturated heterocycles. The molecule has 0 radical (unpaired) electrons. The van der Waals surface area contributed by atoms with Gasteiger partial charge in [0.25, 0.3) is 0 Å². The molecule has 2 N–H and O–H groups in total. The van der Waals surface area contributed by atoms with Crippen LogP contribution in [0.25, 0.3) is 0 Å². The molecule has 1 atom stereocenters. The van der Waals surface area contributed by atoms with E-state index in [9.17, 15) is 9.59 Å². The Bertz CT molecular complexity index is 332.